The normalized spacial score (nSPS) is 2.50. The predicted octanol–water partition coefficient (Wildman–Crippen LogP) is 1.75. The van der Waals surface area contributed by atoms with Crippen molar-refractivity contribution in [3.63, 3.8) is 0 Å². The fourth-order valence-electron chi connectivity index (χ4n) is 0. The van der Waals surface area contributed by atoms with Crippen molar-refractivity contribution in [2.75, 3.05) is 0 Å². The number of rotatable bonds is 0. The molecule has 0 bridgehead atoms. The number of hydrogen-bond acceptors (Lipinski definition) is 1. The van der Waals surface area contributed by atoms with Crippen molar-refractivity contribution >= 4 is 5.78 Å². The van der Waals surface area contributed by atoms with Crippen molar-refractivity contribution in [1.29, 1.82) is 0 Å². The van der Waals surface area contributed by atoms with Gasteiger partial charge in [0.25, 0.3) is 0 Å². The zero-order valence-corrected chi connectivity index (χ0v) is 15.9. The van der Waals surface area contributed by atoms with E-state index in [2.05, 4.69) is 6.92 Å². The first kappa shape index (κ1) is 52.7. The van der Waals surface area contributed by atoms with E-state index in [1.54, 1.807) is 0 Å². The van der Waals surface area contributed by atoms with Crippen LogP contribution < -0.4 is 0 Å². The molecule has 0 amide bonds. The smallest absolute Gasteiger partial charge is 0.358 e. The molecule has 0 saturated carbocycles. The Morgan fingerprint density at radius 2 is 1.10 bits per heavy atom. The molecule has 0 spiro atoms. The third-order valence-corrected chi connectivity index (χ3v) is 0. The Labute approximate surface area is 142 Å². The van der Waals surface area contributed by atoms with Crippen LogP contribution in [0.5, 0.6) is 0 Å². The van der Waals surface area contributed by atoms with Crippen LogP contribution in [0.25, 0.3) is 0 Å². The molecule has 0 aromatic heterocycles. The average Bonchev–Trinajstić information content (AvgIpc) is 0.811. The van der Waals surface area contributed by atoms with Gasteiger partial charge in [0.05, 0.1) is 0 Å². The maximum Gasteiger partial charge on any atom is 3.00 e. The molecule has 0 atom stereocenters. The van der Waals surface area contributed by atoms with Gasteiger partial charge < -0.3 is 34.0 Å². The summed E-state index contributed by atoms with van der Waals surface area (Å²) in [5.74, 6) is -0.0833. The summed E-state index contributed by atoms with van der Waals surface area (Å²) in [6.07, 6.45) is 0. The number of carbonyl (C=O) groups excluding carboxylic acids is 1. The van der Waals surface area contributed by atoms with E-state index in [0.29, 0.717) is 0 Å². The third kappa shape index (κ3) is 130. The van der Waals surface area contributed by atoms with E-state index in [1.807, 2.05) is 0 Å². The molecule has 0 aromatic rings. The molecular weight excluding hydrogens is 355 g/mol. The fourth-order valence-corrected chi connectivity index (χ4v) is 0. The first-order valence-corrected chi connectivity index (χ1v) is 1.06. The Balaban J connectivity index is -0.00000000300. The summed E-state index contributed by atoms with van der Waals surface area (Å²) < 4.78 is 0. The van der Waals surface area contributed by atoms with Gasteiger partial charge in [-0.3, -0.25) is 0 Å². The fraction of sp³-hybridized carbons (Fsp3) is 0.167. The van der Waals surface area contributed by atoms with Gasteiger partial charge in [-0.2, -0.15) is 0 Å². The maximum atomic E-state index is 9.33. The predicted molar refractivity (Wildman–Crippen MR) is 35.3 cm³/mol. The van der Waals surface area contributed by atoms with Crippen LogP contribution in [0, 0.1) is 29.2 Å². The van der Waals surface area contributed by atoms with Gasteiger partial charge in [-0.05, 0) is 12.7 Å². The zero-order valence-electron chi connectivity index (χ0n) is 7.35. The van der Waals surface area contributed by atoms with E-state index in [0.717, 1.165) is 0 Å². The van der Waals surface area contributed by atoms with Crippen molar-refractivity contribution < 1.29 is 103 Å². The van der Waals surface area contributed by atoms with Crippen LogP contribution in [0.2, 0.25) is 0 Å². The van der Waals surface area contributed by atoms with Crippen molar-refractivity contribution in [3.05, 3.63) is 29.2 Å². The van der Waals surface area contributed by atoms with Gasteiger partial charge in [-0.25, -0.2) is 0 Å². The van der Waals surface area contributed by atoms with Crippen LogP contribution in [-0.4, -0.2) is 5.78 Å². The minimum absolute atomic E-state index is 0. The monoisotopic (exact) mass is 369 g/mol. The van der Waals surface area contributed by atoms with Gasteiger partial charge >= 0.3 is 32.7 Å². The van der Waals surface area contributed by atoms with Gasteiger partial charge in [0.2, 0.25) is 0 Å². The molecule has 0 fully saturated rings. The van der Waals surface area contributed by atoms with E-state index < -0.39 is 0 Å². The van der Waals surface area contributed by atoms with Crippen molar-refractivity contribution in [2.45, 2.75) is 6.92 Å². The van der Waals surface area contributed by atoms with E-state index in [9.17, 15) is 4.79 Å². The summed E-state index contributed by atoms with van der Waals surface area (Å²) in [5, 5.41) is 0. The molecule has 0 saturated heterocycles. The van der Waals surface area contributed by atoms with E-state index in [4.69, 9.17) is 0 Å². The van der Waals surface area contributed by atoms with E-state index >= 15 is 0 Å². The van der Waals surface area contributed by atoms with Crippen LogP contribution in [0.15, 0.2) is 0 Å². The molecule has 0 aliphatic rings. The number of Topliss-reactive ketones (excluding diaryl/α,β-unsaturated/α-hetero) is 1. The average molecular weight is 369 g/mol. The SMILES string of the molecule is [CH2-]C(C)=O.[CH3-].[CH3-].[CH3-].[Y+3].[Y].[Y]. The van der Waals surface area contributed by atoms with Gasteiger partial charge in [0.1, 0.15) is 0 Å². The molecule has 0 unspecified atom stereocenters. The molecule has 54 valence electrons. The van der Waals surface area contributed by atoms with Gasteiger partial charge in [-0.15, -0.1) is 0 Å². The molecule has 2 radical (unpaired) electrons. The van der Waals surface area contributed by atoms with Crippen LogP contribution in [0.3, 0.4) is 0 Å². The second-order valence-corrected chi connectivity index (χ2v) is 0.702. The molecule has 0 heterocycles. The summed E-state index contributed by atoms with van der Waals surface area (Å²) in [6, 6.07) is 0. The van der Waals surface area contributed by atoms with Crippen LogP contribution in [-0.2, 0) is 103 Å². The molecule has 4 heteroatoms. The summed E-state index contributed by atoms with van der Waals surface area (Å²) in [4.78, 5) is 9.33. The van der Waals surface area contributed by atoms with Gasteiger partial charge in [0, 0.05) is 65.4 Å². The summed E-state index contributed by atoms with van der Waals surface area (Å²) in [6.45, 7) is 4.42. The second kappa shape index (κ2) is 40.8. The Kier molecular flexibility index (Phi) is 215. The van der Waals surface area contributed by atoms with Crippen molar-refractivity contribution in [1.82, 2.24) is 0 Å². The summed E-state index contributed by atoms with van der Waals surface area (Å²) >= 11 is 0. The van der Waals surface area contributed by atoms with Gasteiger partial charge in [-0.1, -0.05) is 0 Å². The standard InChI is InChI=1S/C3H5O.3CH3.3Y/c1-3(2)4;;;;;;/h1H2,2H3;3*1H3;;;/q4*-1;;;+3. The molecular formula is C6H14OY3-. The second-order valence-electron chi connectivity index (χ2n) is 0.702. The van der Waals surface area contributed by atoms with Crippen LogP contribution in [0.4, 0.5) is 0 Å². The topological polar surface area (TPSA) is 17.1 Å². The number of hydrogen-bond donors (Lipinski definition) is 0. The molecule has 0 rings (SSSR count). The Morgan fingerprint density at radius 3 is 1.10 bits per heavy atom. The maximum absolute atomic E-state index is 9.33. The quantitative estimate of drug-likeness (QED) is 0.595. The largest absolute Gasteiger partial charge is 3.00 e. The molecule has 0 N–H and O–H groups in total. The number of ketones is 1. The van der Waals surface area contributed by atoms with Crippen LogP contribution >= 0.6 is 0 Å². The molecule has 1 nitrogen and oxygen atoms in total. The minimum Gasteiger partial charge on any atom is -0.358 e. The zero-order chi connectivity index (χ0) is 3.58. The summed E-state index contributed by atoms with van der Waals surface area (Å²) in [5.41, 5.74) is 0. The van der Waals surface area contributed by atoms with Crippen LogP contribution in [0.1, 0.15) is 6.92 Å². The molecule has 0 aromatic carbocycles. The Bertz CT molecular complexity index is 36.0. The van der Waals surface area contributed by atoms with Gasteiger partial charge in [0.15, 0.2) is 0 Å². The number of carbonyl (C=O) groups is 1. The third-order valence-electron chi connectivity index (χ3n) is 0. The molecule has 0 aliphatic heterocycles. The Morgan fingerprint density at radius 1 is 1.10 bits per heavy atom. The summed E-state index contributed by atoms with van der Waals surface area (Å²) in [7, 11) is 0. The molecule has 0 aliphatic carbocycles. The first-order valence-electron chi connectivity index (χ1n) is 1.06. The van der Waals surface area contributed by atoms with E-state index in [-0.39, 0.29) is 126 Å². The molecule has 10 heavy (non-hydrogen) atoms. The van der Waals surface area contributed by atoms with Crippen molar-refractivity contribution in [2.24, 2.45) is 0 Å². The first-order chi connectivity index (χ1) is 1.73. The van der Waals surface area contributed by atoms with Crippen molar-refractivity contribution in [3.8, 4) is 0 Å². The van der Waals surface area contributed by atoms with E-state index in [1.165, 1.54) is 6.92 Å². The minimum atomic E-state index is -0.0833. The Hall–Kier alpha value is 2.85.